The molecule has 1 aromatic carbocycles. The standard InChI is InChI=1S/C22H25N5O4/c1-22(2,3)31-21(29)26-9-8-15(12-26)14-4-6-16(7-5-14)27-10-11-30-19-17(20(27)28)18(23)24-13-25-19/h4-8,13H,9-12H2,1-3H3,(H2,23,24,25). The summed E-state index contributed by atoms with van der Waals surface area (Å²) in [5, 5.41) is 0. The van der Waals surface area contributed by atoms with Gasteiger partial charge >= 0.3 is 6.09 Å². The number of aromatic nitrogens is 2. The molecule has 0 saturated heterocycles. The zero-order valence-corrected chi connectivity index (χ0v) is 17.8. The molecule has 0 saturated carbocycles. The molecule has 2 amide bonds. The third-order valence-electron chi connectivity index (χ3n) is 4.98. The summed E-state index contributed by atoms with van der Waals surface area (Å²) < 4.78 is 11.0. The van der Waals surface area contributed by atoms with Crippen LogP contribution in [0.4, 0.5) is 16.3 Å². The molecule has 2 N–H and O–H groups in total. The highest BCUT2D eigenvalue weighted by Gasteiger charge is 2.29. The number of hydrogen-bond acceptors (Lipinski definition) is 7. The number of carbonyl (C=O) groups is 2. The Labute approximate surface area is 180 Å². The third-order valence-corrected chi connectivity index (χ3v) is 4.98. The van der Waals surface area contributed by atoms with Crippen LogP contribution in [0, 0.1) is 0 Å². The fraction of sp³-hybridized carbons (Fsp3) is 0.364. The van der Waals surface area contributed by atoms with Gasteiger partial charge in [-0.25, -0.2) is 14.8 Å². The Hall–Kier alpha value is -3.62. The van der Waals surface area contributed by atoms with E-state index in [0.29, 0.717) is 26.2 Å². The molecule has 0 spiro atoms. The van der Waals surface area contributed by atoms with Gasteiger partial charge in [0.2, 0.25) is 5.88 Å². The Morgan fingerprint density at radius 2 is 1.94 bits per heavy atom. The molecular weight excluding hydrogens is 398 g/mol. The smallest absolute Gasteiger partial charge is 0.410 e. The minimum Gasteiger partial charge on any atom is -0.475 e. The normalized spacial score (nSPS) is 16.4. The molecule has 4 rings (SSSR count). The highest BCUT2D eigenvalue weighted by Crippen LogP contribution is 2.29. The molecule has 162 valence electrons. The maximum Gasteiger partial charge on any atom is 0.410 e. The Morgan fingerprint density at radius 3 is 2.65 bits per heavy atom. The lowest BCUT2D eigenvalue weighted by Gasteiger charge is -2.24. The van der Waals surface area contributed by atoms with Crippen LogP contribution in [0.2, 0.25) is 0 Å². The maximum absolute atomic E-state index is 13.0. The molecule has 9 heteroatoms. The highest BCUT2D eigenvalue weighted by atomic mass is 16.6. The van der Waals surface area contributed by atoms with Crippen molar-refractivity contribution in [2.45, 2.75) is 26.4 Å². The van der Waals surface area contributed by atoms with Crippen LogP contribution in [0.15, 0.2) is 36.7 Å². The van der Waals surface area contributed by atoms with Gasteiger partial charge in [0, 0.05) is 18.8 Å². The highest BCUT2D eigenvalue weighted by molar-refractivity contribution is 6.10. The SMILES string of the molecule is CC(C)(C)OC(=O)N1CC=C(c2ccc(N3CCOc4ncnc(N)c4C3=O)cc2)C1. The number of anilines is 2. The number of ether oxygens (including phenoxy) is 2. The third kappa shape index (κ3) is 4.30. The van der Waals surface area contributed by atoms with Crippen LogP contribution in [-0.4, -0.2) is 58.7 Å². The van der Waals surface area contributed by atoms with Gasteiger partial charge in [0.1, 0.15) is 29.9 Å². The number of rotatable bonds is 2. The molecule has 2 aliphatic rings. The number of benzene rings is 1. The molecule has 0 aliphatic carbocycles. The maximum atomic E-state index is 13.0. The minimum absolute atomic E-state index is 0.0943. The van der Waals surface area contributed by atoms with E-state index in [1.165, 1.54) is 6.33 Å². The van der Waals surface area contributed by atoms with Crippen LogP contribution in [0.1, 0.15) is 36.7 Å². The van der Waals surface area contributed by atoms with Crippen LogP contribution in [0.25, 0.3) is 5.57 Å². The fourth-order valence-electron chi connectivity index (χ4n) is 3.49. The molecule has 2 aliphatic heterocycles. The molecule has 0 atom stereocenters. The van der Waals surface area contributed by atoms with E-state index in [4.69, 9.17) is 15.2 Å². The van der Waals surface area contributed by atoms with Crippen molar-refractivity contribution in [2.75, 3.05) is 36.9 Å². The summed E-state index contributed by atoms with van der Waals surface area (Å²) in [6.07, 6.45) is 2.96. The van der Waals surface area contributed by atoms with Gasteiger partial charge in [-0.2, -0.15) is 0 Å². The topological polar surface area (TPSA) is 111 Å². The van der Waals surface area contributed by atoms with Crippen molar-refractivity contribution in [3.8, 4) is 5.88 Å². The zero-order chi connectivity index (χ0) is 22.2. The number of hydrogen-bond donors (Lipinski definition) is 1. The molecule has 0 unspecified atom stereocenters. The Balaban J connectivity index is 1.48. The van der Waals surface area contributed by atoms with Gasteiger partial charge in [-0.3, -0.25) is 4.79 Å². The van der Waals surface area contributed by atoms with Crippen LogP contribution < -0.4 is 15.4 Å². The lowest BCUT2D eigenvalue weighted by atomic mass is 10.1. The minimum atomic E-state index is -0.530. The Kier molecular flexibility index (Phi) is 5.26. The second-order valence-electron chi connectivity index (χ2n) is 8.38. The van der Waals surface area contributed by atoms with Gasteiger partial charge in [0.05, 0.1) is 6.54 Å². The van der Waals surface area contributed by atoms with E-state index in [-0.39, 0.29) is 29.3 Å². The van der Waals surface area contributed by atoms with Crippen molar-refractivity contribution < 1.29 is 19.1 Å². The van der Waals surface area contributed by atoms with Crippen LogP contribution >= 0.6 is 0 Å². The summed E-state index contributed by atoms with van der Waals surface area (Å²) in [5.74, 6) is 0.00126. The number of nitrogens with zero attached hydrogens (tertiary/aromatic N) is 4. The second kappa shape index (κ2) is 7.90. The van der Waals surface area contributed by atoms with Crippen molar-refractivity contribution >= 4 is 29.1 Å². The first-order valence-corrected chi connectivity index (χ1v) is 10.1. The average molecular weight is 423 g/mol. The van der Waals surface area contributed by atoms with Crippen molar-refractivity contribution in [1.29, 1.82) is 0 Å². The summed E-state index contributed by atoms with van der Waals surface area (Å²) in [6, 6.07) is 7.61. The fourth-order valence-corrected chi connectivity index (χ4v) is 3.49. The quantitative estimate of drug-likeness (QED) is 0.791. The molecule has 3 heterocycles. The first-order chi connectivity index (χ1) is 14.7. The molecular formula is C22H25N5O4. The molecule has 2 aromatic rings. The molecule has 0 bridgehead atoms. The van der Waals surface area contributed by atoms with E-state index >= 15 is 0 Å². The molecule has 0 radical (unpaired) electrons. The average Bonchev–Trinajstić information content (AvgIpc) is 3.14. The van der Waals surface area contributed by atoms with Crippen LogP contribution in [0.5, 0.6) is 5.88 Å². The van der Waals surface area contributed by atoms with Crippen molar-refractivity contribution in [1.82, 2.24) is 14.9 Å². The molecule has 1 aromatic heterocycles. The Bertz CT molecular complexity index is 1040. The predicted octanol–water partition coefficient (Wildman–Crippen LogP) is 2.73. The summed E-state index contributed by atoms with van der Waals surface area (Å²) >= 11 is 0. The number of fused-ring (bicyclic) bond motifs is 1. The van der Waals surface area contributed by atoms with Gasteiger partial charge in [-0.1, -0.05) is 18.2 Å². The summed E-state index contributed by atoms with van der Waals surface area (Å²) in [5.41, 5.74) is 8.28. The van der Waals surface area contributed by atoms with E-state index in [2.05, 4.69) is 9.97 Å². The molecule has 9 nitrogen and oxygen atoms in total. The van der Waals surface area contributed by atoms with Gasteiger partial charge in [-0.05, 0) is 44.0 Å². The molecule has 0 fully saturated rings. The van der Waals surface area contributed by atoms with Crippen LogP contribution in [-0.2, 0) is 4.74 Å². The van der Waals surface area contributed by atoms with E-state index in [9.17, 15) is 9.59 Å². The number of carbonyl (C=O) groups excluding carboxylic acids is 2. The van der Waals surface area contributed by atoms with E-state index in [0.717, 1.165) is 16.8 Å². The largest absolute Gasteiger partial charge is 0.475 e. The van der Waals surface area contributed by atoms with Crippen molar-refractivity contribution in [3.05, 3.63) is 47.8 Å². The lowest BCUT2D eigenvalue weighted by molar-refractivity contribution is 0.0306. The first-order valence-electron chi connectivity index (χ1n) is 10.1. The van der Waals surface area contributed by atoms with Gasteiger partial charge in [-0.15, -0.1) is 0 Å². The van der Waals surface area contributed by atoms with Crippen molar-refractivity contribution in [2.24, 2.45) is 0 Å². The van der Waals surface area contributed by atoms with Crippen molar-refractivity contribution in [3.63, 3.8) is 0 Å². The first kappa shape index (κ1) is 20.6. The number of nitrogens with two attached hydrogens (primary N) is 1. The number of amides is 2. The monoisotopic (exact) mass is 423 g/mol. The van der Waals surface area contributed by atoms with E-state index in [1.807, 2.05) is 51.1 Å². The lowest BCUT2D eigenvalue weighted by Crippen LogP contribution is -2.35. The van der Waals surface area contributed by atoms with Gasteiger partial charge in [0.25, 0.3) is 5.91 Å². The zero-order valence-electron chi connectivity index (χ0n) is 17.8. The molecule has 31 heavy (non-hydrogen) atoms. The number of nitrogen functional groups attached to an aromatic ring is 1. The van der Waals surface area contributed by atoms with E-state index < -0.39 is 5.60 Å². The predicted molar refractivity (Wildman–Crippen MR) is 116 cm³/mol. The summed E-state index contributed by atoms with van der Waals surface area (Å²) in [4.78, 5) is 36.5. The van der Waals surface area contributed by atoms with Gasteiger partial charge < -0.3 is 25.0 Å². The Morgan fingerprint density at radius 1 is 1.19 bits per heavy atom. The van der Waals surface area contributed by atoms with E-state index in [1.54, 1.807) is 9.80 Å². The summed E-state index contributed by atoms with van der Waals surface area (Å²) in [7, 11) is 0. The second-order valence-corrected chi connectivity index (χ2v) is 8.38. The summed E-state index contributed by atoms with van der Waals surface area (Å²) in [6.45, 7) is 7.19. The van der Waals surface area contributed by atoms with Gasteiger partial charge in [0.15, 0.2) is 0 Å². The van der Waals surface area contributed by atoms with Crippen LogP contribution in [0.3, 0.4) is 0 Å².